The molecule has 0 bridgehead atoms. The molecule has 0 amide bonds. The third-order valence-corrected chi connectivity index (χ3v) is 8.30. The molecule has 0 spiro atoms. The monoisotopic (exact) mass is 568 g/mol. The van der Waals surface area contributed by atoms with Crippen LogP contribution in [0.1, 0.15) is 43.4 Å². The van der Waals surface area contributed by atoms with Gasteiger partial charge in [-0.15, -0.1) is 0 Å². The van der Waals surface area contributed by atoms with Crippen molar-refractivity contribution in [3.05, 3.63) is 114 Å². The maximum absolute atomic E-state index is 13.6. The Morgan fingerprint density at radius 1 is 1.10 bits per heavy atom. The van der Waals surface area contributed by atoms with E-state index in [4.69, 9.17) is 15.7 Å². The van der Waals surface area contributed by atoms with Crippen molar-refractivity contribution in [1.82, 2.24) is 14.7 Å². The SMILES string of the molecule is C=C(c1ccccn1)C1(Cc2ccc(N3CCCCC3)nc2)CC(=CN)C(=Nc2ccc(F)cc2)C=C1CCNS. The summed E-state index contributed by atoms with van der Waals surface area (Å²) in [6, 6.07) is 16.4. The summed E-state index contributed by atoms with van der Waals surface area (Å²) in [5.41, 5.74) is 12.1. The summed E-state index contributed by atoms with van der Waals surface area (Å²) in [6.45, 7) is 7.39. The molecule has 0 radical (unpaired) electrons. The first-order valence-corrected chi connectivity index (χ1v) is 14.6. The summed E-state index contributed by atoms with van der Waals surface area (Å²) in [5, 5.41) is 0. The Morgan fingerprint density at radius 3 is 2.56 bits per heavy atom. The number of nitrogens with two attached hydrogens (primary N) is 1. The number of anilines is 1. The molecule has 8 heteroatoms. The van der Waals surface area contributed by atoms with Crippen molar-refractivity contribution >= 4 is 35.6 Å². The van der Waals surface area contributed by atoms with E-state index in [1.54, 1.807) is 24.5 Å². The molecule has 212 valence electrons. The van der Waals surface area contributed by atoms with Gasteiger partial charge in [0.15, 0.2) is 0 Å². The topological polar surface area (TPSA) is 79.4 Å². The maximum atomic E-state index is 13.6. The molecule has 1 saturated heterocycles. The van der Waals surface area contributed by atoms with Crippen LogP contribution < -0.4 is 15.4 Å². The van der Waals surface area contributed by atoms with Gasteiger partial charge in [0, 0.05) is 37.4 Å². The molecule has 2 aromatic heterocycles. The molecule has 2 aliphatic rings. The van der Waals surface area contributed by atoms with Crippen LogP contribution in [0.25, 0.3) is 5.57 Å². The molecule has 41 heavy (non-hydrogen) atoms. The number of thiol groups is 1. The molecule has 3 aromatic rings. The van der Waals surface area contributed by atoms with Crippen molar-refractivity contribution in [1.29, 1.82) is 0 Å². The Balaban J connectivity index is 1.59. The summed E-state index contributed by atoms with van der Waals surface area (Å²) in [7, 11) is 0. The molecule has 1 aliphatic heterocycles. The van der Waals surface area contributed by atoms with Crippen molar-refractivity contribution in [2.75, 3.05) is 24.5 Å². The Labute approximate surface area is 247 Å². The lowest BCUT2D eigenvalue weighted by Gasteiger charge is -2.42. The summed E-state index contributed by atoms with van der Waals surface area (Å²) < 4.78 is 16.6. The highest BCUT2D eigenvalue weighted by atomic mass is 32.1. The normalized spacial score (nSPS) is 21.2. The van der Waals surface area contributed by atoms with E-state index in [9.17, 15) is 4.39 Å². The number of aliphatic imine (C=N–C) groups is 1. The number of halogens is 1. The molecule has 3 heterocycles. The van der Waals surface area contributed by atoms with Gasteiger partial charge in [-0.3, -0.25) is 9.71 Å². The number of hydrogen-bond donors (Lipinski definition) is 3. The molecule has 1 aromatic carbocycles. The number of nitrogens with one attached hydrogen (secondary N) is 1. The second kappa shape index (κ2) is 13.3. The number of nitrogens with zero attached hydrogens (tertiary/aromatic N) is 4. The zero-order chi connectivity index (χ0) is 28.7. The zero-order valence-corrected chi connectivity index (χ0v) is 24.2. The first-order valence-electron chi connectivity index (χ1n) is 14.2. The van der Waals surface area contributed by atoms with E-state index < -0.39 is 5.41 Å². The molecule has 6 nitrogen and oxygen atoms in total. The smallest absolute Gasteiger partial charge is 0.128 e. The van der Waals surface area contributed by atoms with E-state index in [0.717, 1.165) is 59.0 Å². The molecular weight excluding hydrogens is 531 g/mol. The van der Waals surface area contributed by atoms with Gasteiger partial charge in [-0.25, -0.2) is 14.4 Å². The summed E-state index contributed by atoms with van der Waals surface area (Å²) >= 11 is 4.28. The molecule has 1 atom stereocenters. The minimum absolute atomic E-state index is 0.297. The van der Waals surface area contributed by atoms with Gasteiger partial charge in [0.25, 0.3) is 0 Å². The first kappa shape index (κ1) is 28.8. The van der Waals surface area contributed by atoms with Crippen LogP contribution in [0.2, 0.25) is 0 Å². The molecule has 0 saturated carbocycles. The maximum Gasteiger partial charge on any atom is 0.128 e. The Kier molecular flexibility index (Phi) is 9.31. The Bertz CT molecular complexity index is 1430. The second-order valence-electron chi connectivity index (χ2n) is 10.7. The van der Waals surface area contributed by atoms with E-state index in [0.29, 0.717) is 25.1 Å². The quantitative estimate of drug-likeness (QED) is 0.253. The van der Waals surface area contributed by atoms with Gasteiger partial charge >= 0.3 is 0 Å². The Hall–Kier alpha value is -3.75. The van der Waals surface area contributed by atoms with Crippen LogP contribution in [0.5, 0.6) is 0 Å². The lowest BCUT2D eigenvalue weighted by atomic mass is 9.61. The van der Waals surface area contributed by atoms with Gasteiger partial charge in [-0.1, -0.05) is 37.1 Å². The molecule has 1 aliphatic carbocycles. The number of allylic oxidation sites excluding steroid dienone is 3. The molecular formula is C33H37FN6S. The second-order valence-corrected chi connectivity index (χ2v) is 11.0. The van der Waals surface area contributed by atoms with E-state index >= 15 is 0 Å². The van der Waals surface area contributed by atoms with Crippen LogP contribution in [-0.2, 0) is 6.42 Å². The standard InChI is InChI=1S/C33H37FN6S/c1-24(30-7-3-4-15-36-30)33(20-25-8-13-32(37-23-25)40-17-5-2-6-18-40)21-26(22-35)31(19-27(33)14-16-38-41)39-29-11-9-28(34)10-12-29/h3-4,7-13,15,19,22-23,38,41H,1-2,5-6,14,16-18,20-21,35H2. The van der Waals surface area contributed by atoms with E-state index in [1.165, 1.54) is 31.4 Å². The number of aromatic nitrogens is 2. The third kappa shape index (κ3) is 6.60. The minimum Gasteiger partial charge on any atom is -0.404 e. The van der Waals surface area contributed by atoms with Crippen LogP contribution in [-0.4, -0.2) is 35.3 Å². The highest BCUT2D eigenvalue weighted by Crippen LogP contribution is 2.51. The number of benzene rings is 1. The van der Waals surface area contributed by atoms with Gasteiger partial charge in [0.1, 0.15) is 11.6 Å². The fourth-order valence-electron chi connectivity index (χ4n) is 5.88. The number of pyridine rings is 2. The third-order valence-electron chi connectivity index (χ3n) is 8.08. The first-order chi connectivity index (χ1) is 20.0. The average molecular weight is 569 g/mol. The van der Waals surface area contributed by atoms with Crippen molar-refractivity contribution in [3.63, 3.8) is 0 Å². The minimum atomic E-state index is -0.514. The van der Waals surface area contributed by atoms with Crippen LogP contribution in [0.15, 0.2) is 102 Å². The van der Waals surface area contributed by atoms with Crippen molar-refractivity contribution in [2.45, 2.75) is 38.5 Å². The summed E-state index contributed by atoms with van der Waals surface area (Å²) in [5.74, 6) is 0.731. The van der Waals surface area contributed by atoms with Gasteiger partial charge in [0.2, 0.25) is 0 Å². The van der Waals surface area contributed by atoms with Crippen molar-refractivity contribution < 1.29 is 4.39 Å². The van der Waals surface area contributed by atoms with Gasteiger partial charge in [-0.05, 0) is 110 Å². The van der Waals surface area contributed by atoms with Crippen molar-refractivity contribution in [3.8, 4) is 0 Å². The molecule has 1 unspecified atom stereocenters. The summed E-state index contributed by atoms with van der Waals surface area (Å²) in [6.07, 6.45) is 13.2. The van der Waals surface area contributed by atoms with Crippen LogP contribution in [0, 0.1) is 11.2 Å². The van der Waals surface area contributed by atoms with Gasteiger partial charge < -0.3 is 10.6 Å². The zero-order valence-electron chi connectivity index (χ0n) is 23.3. The largest absolute Gasteiger partial charge is 0.404 e. The predicted molar refractivity (Wildman–Crippen MR) is 170 cm³/mol. The Morgan fingerprint density at radius 2 is 1.90 bits per heavy atom. The van der Waals surface area contributed by atoms with Crippen LogP contribution in [0.3, 0.4) is 0 Å². The molecule has 3 N–H and O–H groups in total. The van der Waals surface area contributed by atoms with E-state index in [1.807, 2.05) is 24.4 Å². The van der Waals surface area contributed by atoms with E-state index in [-0.39, 0.29) is 5.82 Å². The van der Waals surface area contributed by atoms with Crippen LogP contribution in [0.4, 0.5) is 15.9 Å². The number of rotatable bonds is 9. The number of piperidine rings is 1. The van der Waals surface area contributed by atoms with Gasteiger partial charge in [-0.2, -0.15) is 0 Å². The van der Waals surface area contributed by atoms with Crippen molar-refractivity contribution in [2.24, 2.45) is 16.1 Å². The van der Waals surface area contributed by atoms with Crippen LogP contribution >= 0.6 is 12.8 Å². The predicted octanol–water partition coefficient (Wildman–Crippen LogP) is 6.62. The number of hydrogen-bond acceptors (Lipinski definition) is 7. The lowest BCUT2D eigenvalue weighted by molar-refractivity contribution is 0.452. The lowest BCUT2D eigenvalue weighted by Crippen LogP contribution is -2.35. The summed E-state index contributed by atoms with van der Waals surface area (Å²) in [4.78, 5) is 16.8. The fraction of sp³-hybridized carbons (Fsp3) is 0.303. The fourth-order valence-corrected chi connectivity index (χ4v) is 5.99. The molecule has 5 rings (SSSR count). The average Bonchev–Trinajstić information content (AvgIpc) is 3.02. The molecule has 1 fully saturated rings. The highest BCUT2D eigenvalue weighted by Gasteiger charge is 2.42. The van der Waals surface area contributed by atoms with E-state index in [2.05, 4.69) is 52.2 Å². The highest BCUT2D eigenvalue weighted by molar-refractivity contribution is 7.78. The van der Waals surface area contributed by atoms with Gasteiger partial charge in [0.05, 0.1) is 17.1 Å².